The monoisotopic (exact) mass is 379 g/mol. The molecule has 3 aromatic rings. The van der Waals surface area contributed by atoms with Crippen LogP contribution in [0.2, 0.25) is 0 Å². The second kappa shape index (κ2) is 9.31. The van der Waals surface area contributed by atoms with E-state index in [1.165, 1.54) is 0 Å². The van der Waals surface area contributed by atoms with Crippen molar-refractivity contribution in [3.63, 3.8) is 0 Å². The molecule has 0 amide bonds. The van der Waals surface area contributed by atoms with Gasteiger partial charge in [-0.1, -0.05) is 12.1 Å². The topological polar surface area (TPSA) is 90.8 Å². The van der Waals surface area contributed by atoms with Gasteiger partial charge >= 0.3 is 0 Å². The first kappa shape index (κ1) is 19.1. The molecule has 0 saturated carbocycles. The first-order valence-electron chi connectivity index (χ1n) is 8.68. The zero-order valence-electron chi connectivity index (χ0n) is 15.9. The van der Waals surface area contributed by atoms with E-state index >= 15 is 0 Å². The molecule has 0 spiro atoms. The van der Waals surface area contributed by atoms with Crippen LogP contribution in [0.25, 0.3) is 11.3 Å². The number of anilines is 1. The van der Waals surface area contributed by atoms with Crippen molar-refractivity contribution in [3.8, 4) is 28.5 Å². The van der Waals surface area contributed by atoms with Crippen molar-refractivity contribution in [3.05, 3.63) is 54.2 Å². The molecule has 1 N–H and O–H groups in total. The smallest absolute Gasteiger partial charge is 0.263 e. The Morgan fingerprint density at radius 3 is 2.64 bits per heavy atom. The Labute approximate surface area is 163 Å². The maximum absolute atomic E-state index is 5.51. The van der Waals surface area contributed by atoms with Crippen molar-refractivity contribution in [2.24, 2.45) is 5.10 Å². The fraction of sp³-hybridized carbons (Fsp3) is 0.200. The molecule has 3 rings (SSSR count). The molecule has 0 bridgehead atoms. The van der Waals surface area contributed by atoms with Crippen LogP contribution in [0.3, 0.4) is 0 Å². The Bertz CT molecular complexity index is 962. The van der Waals surface area contributed by atoms with E-state index in [0.717, 1.165) is 11.1 Å². The maximum atomic E-state index is 5.51. The van der Waals surface area contributed by atoms with Crippen LogP contribution in [0, 0.1) is 0 Å². The Hall–Kier alpha value is -3.68. The van der Waals surface area contributed by atoms with Gasteiger partial charge in [0.2, 0.25) is 0 Å². The van der Waals surface area contributed by atoms with E-state index in [0.29, 0.717) is 29.5 Å². The molecule has 0 aliphatic carbocycles. The number of nitrogens with zero attached hydrogens (tertiary/aromatic N) is 4. The summed E-state index contributed by atoms with van der Waals surface area (Å²) in [5.74, 6) is 2.31. The van der Waals surface area contributed by atoms with Crippen molar-refractivity contribution in [2.45, 2.75) is 6.92 Å². The second-order valence-electron chi connectivity index (χ2n) is 5.58. The van der Waals surface area contributed by atoms with Crippen LogP contribution >= 0.6 is 0 Å². The first-order valence-corrected chi connectivity index (χ1v) is 8.68. The molecule has 2 aromatic carbocycles. The van der Waals surface area contributed by atoms with Gasteiger partial charge in [0.15, 0.2) is 11.5 Å². The molecule has 8 heteroatoms. The fourth-order valence-electron chi connectivity index (χ4n) is 2.54. The van der Waals surface area contributed by atoms with E-state index in [1.807, 2.05) is 49.4 Å². The number of ether oxygens (including phenoxy) is 3. The third-order valence-corrected chi connectivity index (χ3v) is 3.81. The molecule has 144 valence electrons. The van der Waals surface area contributed by atoms with Gasteiger partial charge < -0.3 is 14.2 Å². The lowest BCUT2D eigenvalue weighted by molar-refractivity contribution is 0.311. The van der Waals surface area contributed by atoms with Crippen molar-refractivity contribution in [2.75, 3.05) is 26.3 Å². The highest BCUT2D eigenvalue weighted by atomic mass is 16.5. The lowest BCUT2D eigenvalue weighted by Gasteiger charge is -2.09. The van der Waals surface area contributed by atoms with Crippen LogP contribution in [0.4, 0.5) is 5.95 Å². The van der Waals surface area contributed by atoms with Crippen molar-refractivity contribution >= 4 is 12.2 Å². The molecule has 0 saturated heterocycles. The minimum Gasteiger partial charge on any atom is -0.496 e. The highest BCUT2D eigenvalue weighted by Crippen LogP contribution is 2.28. The first-order chi connectivity index (χ1) is 13.7. The predicted octanol–water partition coefficient (Wildman–Crippen LogP) is 3.40. The highest BCUT2D eigenvalue weighted by Gasteiger charge is 2.08. The van der Waals surface area contributed by atoms with Crippen LogP contribution in [-0.2, 0) is 0 Å². The molecule has 28 heavy (non-hydrogen) atoms. The molecule has 8 nitrogen and oxygen atoms in total. The number of hydrogen-bond donors (Lipinski definition) is 1. The van der Waals surface area contributed by atoms with E-state index in [4.69, 9.17) is 14.2 Å². The highest BCUT2D eigenvalue weighted by molar-refractivity contribution is 5.81. The average molecular weight is 379 g/mol. The summed E-state index contributed by atoms with van der Waals surface area (Å²) in [7, 11) is 3.21. The second-order valence-corrected chi connectivity index (χ2v) is 5.58. The Balaban J connectivity index is 1.75. The van der Waals surface area contributed by atoms with Crippen LogP contribution in [0.15, 0.2) is 53.8 Å². The number of benzene rings is 2. The molecule has 0 aliphatic rings. The van der Waals surface area contributed by atoms with Gasteiger partial charge in [0.25, 0.3) is 5.95 Å². The maximum Gasteiger partial charge on any atom is 0.263 e. The number of hydrazone groups is 1. The summed E-state index contributed by atoms with van der Waals surface area (Å²) in [6.07, 6.45) is 3.21. The van der Waals surface area contributed by atoms with Gasteiger partial charge in [0.1, 0.15) is 5.75 Å². The van der Waals surface area contributed by atoms with E-state index < -0.39 is 0 Å². The Kier molecular flexibility index (Phi) is 6.35. The van der Waals surface area contributed by atoms with Gasteiger partial charge in [0, 0.05) is 5.56 Å². The van der Waals surface area contributed by atoms with Gasteiger partial charge in [-0.2, -0.15) is 10.2 Å². The summed E-state index contributed by atoms with van der Waals surface area (Å²) >= 11 is 0. The van der Waals surface area contributed by atoms with Crippen LogP contribution in [0.1, 0.15) is 12.5 Å². The summed E-state index contributed by atoms with van der Waals surface area (Å²) < 4.78 is 16.2. The molecule has 0 atom stereocenters. The molecule has 0 fully saturated rings. The standard InChI is InChI=1S/C20H21N5O3/c1-4-28-18-10-9-14(11-19(18)27-3)12-21-24-20-23-16(13-22-25-20)15-7-5-6-8-17(15)26-2/h5-13H,4H2,1-3H3,(H,23,24,25)/b21-12+. The van der Waals surface area contributed by atoms with Gasteiger partial charge in [-0.25, -0.2) is 10.4 Å². The lowest BCUT2D eigenvalue weighted by atomic mass is 10.1. The molecule has 0 aliphatic heterocycles. The van der Waals surface area contributed by atoms with Crippen LogP contribution in [-0.4, -0.2) is 42.2 Å². The summed E-state index contributed by atoms with van der Waals surface area (Å²) in [4.78, 5) is 4.43. The van der Waals surface area contributed by atoms with Crippen molar-refractivity contribution in [1.29, 1.82) is 0 Å². The average Bonchev–Trinajstić information content (AvgIpc) is 2.75. The third-order valence-electron chi connectivity index (χ3n) is 3.81. The molecule has 1 heterocycles. The van der Waals surface area contributed by atoms with E-state index in [1.54, 1.807) is 26.6 Å². The molecule has 1 aromatic heterocycles. The fourth-order valence-corrected chi connectivity index (χ4v) is 2.54. The zero-order chi connectivity index (χ0) is 19.8. The summed E-state index contributed by atoms with van der Waals surface area (Å²) in [5.41, 5.74) is 5.08. The predicted molar refractivity (Wildman–Crippen MR) is 107 cm³/mol. The van der Waals surface area contributed by atoms with Crippen molar-refractivity contribution < 1.29 is 14.2 Å². The van der Waals surface area contributed by atoms with E-state index in [-0.39, 0.29) is 5.95 Å². The van der Waals surface area contributed by atoms with Crippen LogP contribution in [0.5, 0.6) is 17.2 Å². The van der Waals surface area contributed by atoms with E-state index in [2.05, 4.69) is 25.7 Å². The third kappa shape index (κ3) is 4.53. The number of hydrogen-bond acceptors (Lipinski definition) is 8. The number of methoxy groups -OCH3 is 2. The number of para-hydroxylation sites is 1. The number of rotatable bonds is 8. The number of nitrogens with one attached hydrogen (secondary N) is 1. The summed E-state index contributed by atoms with van der Waals surface area (Å²) in [5, 5.41) is 12.1. The van der Waals surface area contributed by atoms with Gasteiger partial charge in [-0.3, -0.25) is 0 Å². The Morgan fingerprint density at radius 2 is 1.86 bits per heavy atom. The Morgan fingerprint density at radius 1 is 1.04 bits per heavy atom. The van der Waals surface area contributed by atoms with Crippen LogP contribution < -0.4 is 19.6 Å². The largest absolute Gasteiger partial charge is 0.496 e. The van der Waals surface area contributed by atoms with E-state index in [9.17, 15) is 0 Å². The summed E-state index contributed by atoms with van der Waals surface area (Å²) in [6.45, 7) is 2.49. The van der Waals surface area contributed by atoms with Gasteiger partial charge in [-0.05, 0) is 42.8 Å². The molecule has 0 radical (unpaired) electrons. The number of aromatic nitrogens is 3. The minimum absolute atomic E-state index is 0.276. The quantitative estimate of drug-likeness (QED) is 0.474. The SMILES string of the molecule is CCOc1ccc(/C=N/Nc2nncc(-c3ccccc3OC)n2)cc1OC. The van der Waals surface area contributed by atoms with Gasteiger partial charge in [0.05, 0.1) is 38.9 Å². The van der Waals surface area contributed by atoms with Crippen molar-refractivity contribution in [1.82, 2.24) is 15.2 Å². The normalized spacial score (nSPS) is 10.7. The van der Waals surface area contributed by atoms with Gasteiger partial charge in [-0.15, -0.1) is 5.10 Å². The molecular weight excluding hydrogens is 358 g/mol. The lowest BCUT2D eigenvalue weighted by Crippen LogP contribution is -2.01. The molecular formula is C20H21N5O3. The summed E-state index contributed by atoms with van der Waals surface area (Å²) in [6, 6.07) is 13.1. The molecule has 0 unspecified atom stereocenters. The minimum atomic E-state index is 0.276. The zero-order valence-corrected chi connectivity index (χ0v) is 15.9.